The lowest BCUT2D eigenvalue weighted by Gasteiger charge is -2.10. The third-order valence-corrected chi connectivity index (χ3v) is 1.40. The summed E-state index contributed by atoms with van der Waals surface area (Å²) in [6, 6.07) is -0.573. The zero-order valence-electron chi connectivity index (χ0n) is 7.76. The van der Waals surface area contributed by atoms with Gasteiger partial charge in [-0.1, -0.05) is 13.8 Å². The molecule has 4 nitrogen and oxygen atoms in total. The van der Waals surface area contributed by atoms with Gasteiger partial charge in [-0.25, -0.2) is 0 Å². The summed E-state index contributed by atoms with van der Waals surface area (Å²) in [5.41, 5.74) is 4.96. The molecule has 0 aliphatic heterocycles. The number of hydrogen-bond donors (Lipinski definition) is 2. The van der Waals surface area contributed by atoms with E-state index in [2.05, 4.69) is 5.32 Å². The monoisotopic (exact) mass is 172 g/mol. The van der Waals surface area contributed by atoms with Gasteiger partial charge in [0.05, 0.1) is 0 Å². The van der Waals surface area contributed by atoms with Crippen LogP contribution >= 0.6 is 0 Å². The van der Waals surface area contributed by atoms with E-state index in [-0.39, 0.29) is 5.91 Å². The fraction of sp³-hybridized carbons (Fsp3) is 0.750. The van der Waals surface area contributed by atoms with E-state index < -0.39 is 11.9 Å². The van der Waals surface area contributed by atoms with Gasteiger partial charge in [-0.2, -0.15) is 0 Å². The molecule has 12 heavy (non-hydrogen) atoms. The molecule has 4 heteroatoms. The number of nitrogens with two attached hydrogens (primary N) is 1. The van der Waals surface area contributed by atoms with Gasteiger partial charge in [0.25, 0.3) is 0 Å². The number of hydrogen-bond acceptors (Lipinski definition) is 2. The molecule has 0 aromatic heterocycles. The highest BCUT2D eigenvalue weighted by atomic mass is 16.2. The fourth-order valence-corrected chi connectivity index (χ4v) is 0.742. The first-order chi connectivity index (χ1) is 5.43. The normalized spacial score (nSPS) is 12.7. The Balaban J connectivity index is 3.77. The van der Waals surface area contributed by atoms with E-state index >= 15 is 0 Å². The summed E-state index contributed by atoms with van der Waals surface area (Å²) in [4.78, 5) is 21.6. The zero-order valence-corrected chi connectivity index (χ0v) is 7.76. The van der Waals surface area contributed by atoms with Gasteiger partial charge < -0.3 is 11.1 Å². The summed E-state index contributed by atoms with van der Waals surface area (Å²) in [7, 11) is 0. The van der Waals surface area contributed by atoms with Crippen molar-refractivity contribution < 1.29 is 9.59 Å². The summed E-state index contributed by atoms with van der Waals surface area (Å²) in [6.07, 6.45) is 0.428. The van der Waals surface area contributed by atoms with Crippen molar-refractivity contribution in [3.05, 3.63) is 0 Å². The van der Waals surface area contributed by atoms with Crippen LogP contribution in [0.2, 0.25) is 0 Å². The molecule has 3 N–H and O–H groups in total. The quantitative estimate of drug-likeness (QED) is 0.627. The second-order valence-electron chi connectivity index (χ2n) is 3.29. The number of nitrogens with one attached hydrogen (secondary N) is 1. The highest BCUT2D eigenvalue weighted by molar-refractivity contribution is 5.86. The Kier molecular flexibility index (Phi) is 4.33. The van der Waals surface area contributed by atoms with E-state index in [0.717, 1.165) is 0 Å². The highest BCUT2D eigenvalue weighted by Crippen LogP contribution is 1.98. The Hall–Kier alpha value is -1.06. The van der Waals surface area contributed by atoms with Crippen LogP contribution in [0.3, 0.4) is 0 Å². The Morgan fingerprint density at radius 1 is 1.33 bits per heavy atom. The molecular formula is C8H16N2O2. The van der Waals surface area contributed by atoms with E-state index in [1.807, 2.05) is 13.8 Å². The lowest BCUT2D eigenvalue weighted by Crippen LogP contribution is -2.42. The van der Waals surface area contributed by atoms with Crippen LogP contribution in [0.25, 0.3) is 0 Å². The van der Waals surface area contributed by atoms with Crippen LogP contribution in [0.5, 0.6) is 0 Å². The van der Waals surface area contributed by atoms with E-state index in [9.17, 15) is 9.59 Å². The van der Waals surface area contributed by atoms with E-state index in [1.54, 1.807) is 6.92 Å². The van der Waals surface area contributed by atoms with Crippen LogP contribution in [-0.4, -0.2) is 17.9 Å². The molecule has 0 saturated carbocycles. The van der Waals surface area contributed by atoms with Gasteiger partial charge in [-0.05, 0) is 12.8 Å². The first-order valence-corrected chi connectivity index (χ1v) is 4.02. The molecule has 0 aliphatic rings. The lowest BCUT2D eigenvalue weighted by atomic mass is 10.1. The van der Waals surface area contributed by atoms with Crippen LogP contribution in [0.15, 0.2) is 0 Å². The first kappa shape index (κ1) is 10.9. The van der Waals surface area contributed by atoms with Crippen molar-refractivity contribution in [2.75, 3.05) is 0 Å². The summed E-state index contributed by atoms with van der Waals surface area (Å²) >= 11 is 0. The molecule has 0 aromatic carbocycles. The number of amides is 2. The molecular weight excluding hydrogens is 156 g/mol. The van der Waals surface area contributed by atoms with Gasteiger partial charge in [0, 0.05) is 6.42 Å². The van der Waals surface area contributed by atoms with E-state index in [0.29, 0.717) is 12.3 Å². The standard InChI is InChI=1S/C8H16N2O2/c1-5(2)4-7(11)10-6(3)8(9)12/h5-6H,4H2,1-3H3,(H2,9,12)(H,10,11). The van der Waals surface area contributed by atoms with Gasteiger partial charge >= 0.3 is 0 Å². The first-order valence-electron chi connectivity index (χ1n) is 4.02. The summed E-state index contributed by atoms with van der Waals surface area (Å²) in [5, 5.41) is 2.50. The van der Waals surface area contributed by atoms with Crippen LogP contribution in [0.1, 0.15) is 27.2 Å². The second kappa shape index (κ2) is 4.74. The predicted molar refractivity (Wildman–Crippen MR) is 46.3 cm³/mol. The maximum absolute atomic E-state index is 11.0. The molecule has 1 unspecified atom stereocenters. The minimum atomic E-state index is -0.573. The molecule has 0 spiro atoms. The fourth-order valence-electron chi connectivity index (χ4n) is 0.742. The highest BCUT2D eigenvalue weighted by Gasteiger charge is 2.12. The average molecular weight is 172 g/mol. The molecule has 0 aliphatic carbocycles. The molecule has 2 amide bonds. The Labute approximate surface area is 72.5 Å². The largest absolute Gasteiger partial charge is 0.368 e. The van der Waals surface area contributed by atoms with Crippen molar-refractivity contribution in [1.82, 2.24) is 5.32 Å². The van der Waals surface area contributed by atoms with E-state index in [4.69, 9.17) is 5.73 Å². The van der Waals surface area contributed by atoms with E-state index in [1.165, 1.54) is 0 Å². The van der Waals surface area contributed by atoms with Crippen molar-refractivity contribution in [1.29, 1.82) is 0 Å². The Bertz CT molecular complexity index is 178. The maximum atomic E-state index is 11.0. The third kappa shape index (κ3) is 4.71. The van der Waals surface area contributed by atoms with Crippen LogP contribution in [0, 0.1) is 5.92 Å². The van der Waals surface area contributed by atoms with Crippen LogP contribution in [-0.2, 0) is 9.59 Å². The van der Waals surface area contributed by atoms with Crippen molar-refractivity contribution >= 4 is 11.8 Å². The average Bonchev–Trinajstić information content (AvgIpc) is 1.84. The molecule has 0 fully saturated rings. The minimum Gasteiger partial charge on any atom is -0.368 e. The molecule has 0 bridgehead atoms. The van der Waals surface area contributed by atoms with Gasteiger partial charge in [0.1, 0.15) is 6.04 Å². The van der Waals surface area contributed by atoms with Crippen molar-refractivity contribution in [2.24, 2.45) is 11.7 Å². The molecule has 0 radical (unpaired) electrons. The number of primary amides is 1. The van der Waals surface area contributed by atoms with Crippen molar-refractivity contribution in [3.8, 4) is 0 Å². The summed E-state index contributed by atoms with van der Waals surface area (Å²) in [5.74, 6) is -0.339. The Morgan fingerprint density at radius 3 is 2.17 bits per heavy atom. The Morgan fingerprint density at radius 2 is 1.83 bits per heavy atom. The molecule has 0 saturated heterocycles. The SMILES string of the molecule is CC(C)CC(=O)NC(C)C(N)=O. The summed E-state index contributed by atoms with van der Waals surface area (Å²) < 4.78 is 0. The van der Waals surface area contributed by atoms with Gasteiger partial charge in [-0.3, -0.25) is 9.59 Å². The number of carbonyl (C=O) groups is 2. The van der Waals surface area contributed by atoms with Crippen molar-refractivity contribution in [3.63, 3.8) is 0 Å². The topological polar surface area (TPSA) is 72.2 Å². The number of carbonyl (C=O) groups excluding carboxylic acids is 2. The number of rotatable bonds is 4. The van der Waals surface area contributed by atoms with Crippen LogP contribution < -0.4 is 11.1 Å². The van der Waals surface area contributed by atoms with Gasteiger partial charge in [-0.15, -0.1) is 0 Å². The summed E-state index contributed by atoms with van der Waals surface area (Å²) in [6.45, 7) is 5.45. The lowest BCUT2D eigenvalue weighted by molar-refractivity contribution is -0.127. The minimum absolute atomic E-state index is 0.128. The predicted octanol–water partition coefficient (Wildman–Crippen LogP) is 0.0225. The second-order valence-corrected chi connectivity index (χ2v) is 3.29. The maximum Gasteiger partial charge on any atom is 0.239 e. The molecule has 0 heterocycles. The van der Waals surface area contributed by atoms with Crippen LogP contribution in [0.4, 0.5) is 0 Å². The molecule has 70 valence electrons. The zero-order chi connectivity index (χ0) is 9.72. The molecule has 1 atom stereocenters. The smallest absolute Gasteiger partial charge is 0.239 e. The van der Waals surface area contributed by atoms with Gasteiger partial charge in [0.2, 0.25) is 11.8 Å². The van der Waals surface area contributed by atoms with Gasteiger partial charge in [0.15, 0.2) is 0 Å². The molecule has 0 aromatic rings. The molecule has 0 rings (SSSR count). The van der Waals surface area contributed by atoms with Crippen molar-refractivity contribution in [2.45, 2.75) is 33.2 Å². The third-order valence-electron chi connectivity index (χ3n) is 1.40.